The number of anilines is 2. The summed E-state index contributed by atoms with van der Waals surface area (Å²) in [5.74, 6) is 1.15. The lowest BCUT2D eigenvalue weighted by atomic mass is 9.89. The summed E-state index contributed by atoms with van der Waals surface area (Å²) in [6.45, 7) is 7.45. The monoisotopic (exact) mass is 530 g/mol. The Morgan fingerprint density at radius 2 is 1.71 bits per heavy atom. The van der Waals surface area contributed by atoms with Crippen LogP contribution in [0.25, 0.3) is 22.0 Å². The summed E-state index contributed by atoms with van der Waals surface area (Å²) in [7, 11) is -3.30. The predicted octanol–water partition coefficient (Wildman–Crippen LogP) is 5.72. The number of benzene rings is 2. The number of fused-ring (bicyclic) bond motifs is 1. The van der Waals surface area contributed by atoms with E-state index in [1.54, 1.807) is 30.5 Å². The number of likely N-dealkylation sites (tertiary alicyclic amines) is 1. The zero-order chi connectivity index (χ0) is 26.7. The normalized spacial score (nSPS) is 15.1. The van der Waals surface area contributed by atoms with Gasteiger partial charge in [0.25, 0.3) is 5.56 Å². The molecular weight excluding hydrogens is 496 g/mol. The van der Waals surface area contributed by atoms with Crippen LogP contribution in [0.15, 0.2) is 76.6 Å². The summed E-state index contributed by atoms with van der Waals surface area (Å²) in [5, 5.41) is 4.60. The SMILES string of the molecule is CCCS(=O)(=O)c1ccc(-c2cc3cc[nH]c(=O)c3c(Nc3ccc(C4CCN(CC)CC4)cc3)n2)cc1. The van der Waals surface area contributed by atoms with E-state index in [1.165, 1.54) is 18.4 Å². The average molecular weight is 531 g/mol. The van der Waals surface area contributed by atoms with E-state index in [4.69, 9.17) is 4.98 Å². The van der Waals surface area contributed by atoms with Gasteiger partial charge in [0.2, 0.25) is 0 Å². The molecule has 5 rings (SSSR count). The Balaban J connectivity index is 1.44. The maximum atomic E-state index is 12.8. The molecule has 0 spiro atoms. The first-order chi connectivity index (χ1) is 18.4. The Hall–Kier alpha value is -3.49. The van der Waals surface area contributed by atoms with Crippen LogP contribution in [0.4, 0.5) is 11.5 Å². The lowest BCUT2D eigenvalue weighted by Crippen LogP contribution is -2.32. The third kappa shape index (κ3) is 5.51. The fourth-order valence-electron chi connectivity index (χ4n) is 5.23. The maximum absolute atomic E-state index is 12.8. The van der Waals surface area contributed by atoms with Crippen molar-refractivity contribution in [3.63, 3.8) is 0 Å². The van der Waals surface area contributed by atoms with Crippen molar-refractivity contribution in [3.05, 3.63) is 82.8 Å². The lowest BCUT2D eigenvalue weighted by Gasteiger charge is -2.31. The quantitative estimate of drug-likeness (QED) is 0.303. The molecule has 8 heteroatoms. The predicted molar refractivity (Wildman–Crippen MR) is 154 cm³/mol. The Morgan fingerprint density at radius 3 is 2.37 bits per heavy atom. The summed E-state index contributed by atoms with van der Waals surface area (Å²) in [5.41, 5.74) is 3.41. The number of rotatable bonds is 8. The summed E-state index contributed by atoms with van der Waals surface area (Å²) in [6, 6.07) is 18.9. The number of sulfone groups is 1. The van der Waals surface area contributed by atoms with E-state index in [2.05, 4.69) is 34.3 Å². The van der Waals surface area contributed by atoms with E-state index < -0.39 is 9.84 Å². The molecule has 1 aliphatic heterocycles. The van der Waals surface area contributed by atoms with Crippen LogP contribution >= 0.6 is 0 Å². The number of hydrogen-bond acceptors (Lipinski definition) is 6. The number of piperidine rings is 1. The highest BCUT2D eigenvalue weighted by molar-refractivity contribution is 7.91. The zero-order valence-corrected chi connectivity index (χ0v) is 22.7. The Morgan fingerprint density at radius 1 is 1.00 bits per heavy atom. The van der Waals surface area contributed by atoms with Gasteiger partial charge in [-0.2, -0.15) is 0 Å². The standard InChI is InChI=1S/C30H34N4O3S/c1-3-19-38(36,37)26-11-7-23(8-12-26)27-20-24-13-16-31-30(35)28(24)29(33-27)32-25-9-5-21(6-10-25)22-14-17-34(4-2)18-15-22/h5-13,16,20,22H,3-4,14-15,17-19H2,1-2H3,(H,31,35)(H,32,33). The van der Waals surface area contributed by atoms with Gasteiger partial charge in [0.15, 0.2) is 9.84 Å². The second kappa shape index (κ2) is 11.1. The van der Waals surface area contributed by atoms with Crippen LogP contribution in [0, 0.1) is 0 Å². The number of aromatic nitrogens is 2. The Kier molecular flexibility index (Phi) is 7.63. The van der Waals surface area contributed by atoms with Gasteiger partial charge in [-0.25, -0.2) is 13.4 Å². The first kappa shape index (κ1) is 26.1. The zero-order valence-electron chi connectivity index (χ0n) is 21.9. The van der Waals surface area contributed by atoms with E-state index in [0.29, 0.717) is 34.1 Å². The van der Waals surface area contributed by atoms with Crippen LogP contribution in [0.5, 0.6) is 0 Å². The molecule has 2 N–H and O–H groups in total. The molecule has 1 fully saturated rings. The van der Waals surface area contributed by atoms with E-state index >= 15 is 0 Å². The van der Waals surface area contributed by atoms with Crippen molar-refractivity contribution in [2.24, 2.45) is 0 Å². The van der Waals surface area contributed by atoms with Crippen molar-refractivity contribution in [1.29, 1.82) is 0 Å². The Bertz CT molecular complexity index is 1570. The van der Waals surface area contributed by atoms with Gasteiger partial charge in [0.1, 0.15) is 5.82 Å². The summed E-state index contributed by atoms with van der Waals surface area (Å²) in [6.07, 6.45) is 4.53. The first-order valence-electron chi connectivity index (χ1n) is 13.3. The van der Waals surface area contributed by atoms with Gasteiger partial charge in [-0.3, -0.25) is 4.79 Å². The van der Waals surface area contributed by atoms with E-state index in [9.17, 15) is 13.2 Å². The van der Waals surface area contributed by atoms with E-state index in [0.717, 1.165) is 36.3 Å². The summed E-state index contributed by atoms with van der Waals surface area (Å²) < 4.78 is 24.9. The maximum Gasteiger partial charge on any atom is 0.259 e. The largest absolute Gasteiger partial charge is 0.340 e. The van der Waals surface area contributed by atoms with Crippen molar-refractivity contribution in [2.75, 3.05) is 30.7 Å². The van der Waals surface area contributed by atoms with Crippen LogP contribution in [0.3, 0.4) is 0 Å². The summed E-state index contributed by atoms with van der Waals surface area (Å²) in [4.78, 5) is 23.1. The van der Waals surface area contributed by atoms with Crippen molar-refractivity contribution in [3.8, 4) is 11.3 Å². The molecule has 0 unspecified atom stereocenters. The molecule has 198 valence electrons. The van der Waals surface area contributed by atoms with Crippen LogP contribution in [-0.4, -0.2) is 48.7 Å². The van der Waals surface area contributed by atoms with Crippen LogP contribution in [0.2, 0.25) is 0 Å². The van der Waals surface area contributed by atoms with Gasteiger partial charge in [-0.1, -0.05) is 38.1 Å². The second-order valence-electron chi connectivity index (χ2n) is 9.93. The molecule has 1 saturated heterocycles. The number of hydrogen-bond donors (Lipinski definition) is 2. The van der Waals surface area contributed by atoms with Gasteiger partial charge < -0.3 is 15.2 Å². The van der Waals surface area contributed by atoms with Gasteiger partial charge in [0.05, 0.1) is 21.7 Å². The van der Waals surface area contributed by atoms with Crippen LogP contribution < -0.4 is 10.9 Å². The number of nitrogens with zero attached hydrogens (tertiary/aromatic N) is 2. The number of nitrogens with one attached hydrogen (secondary N) is 2. The van der Waals surface area contributed by atoms with Gasteiger partial charge in [0, 0.05) is 17.4 Å². The highest BCUT2D eigenvalue weighted by Crippen LogP contribution is 2.31. The van der Waals surface area contributed by atoms with Crippen molar-refractivity contribution >= 4 is 32.1 Å². The van der Waals surface area contributed by atoms with Crippen molar-refractivity contribution < 1.29 is 8.42 Å². The molecule has 38 heavy (non-hydrogen) atoms. The van der Waals surface area contributed by atoms with Crippen LogP contribution in [-0.2, 0) is 9.84 Å². The molecule has 4 aromatic rings. The molecule has 0 bridgehead atoms. The molecule has 2 aromatic heterocycles. The fraction of sp³-hybridized carbons (Fsp3) is 0.333. The van der Waals surface area contributed by atoms with Crippen LogP contribution in [0.1, 0.15) is 44.6 Å². The molecule has 0 amide bonds. The van der Waals surface area contributed by atoms with Gasteiger partial charge in [-0.05, 0) is 92.2 Å². The minimum Gasteiger partial charge on any atom is -0.340 e. The lowest BCUT2D eigenvalue weighted by molar-refractivity contribution is 0.222. The molecule has 0 radical (unpaired) electrons. The van der Waals surface area contributed by atoms with Crippen molar-refractivity contribution in [1.82, 2.24) is 14.9 Å². The molecule has 3 heterocycles. The topological polar surface area (TPSA) is 95.2 Å². The number of aromatic amines is 1. The third-order valence-corrected chi connectivity index (χ3v) is 9.35. The molecule has 0 atom stereocenters. The molecule has 0 saturated carbocycles. The van der Waals surface area contributed by atoms with E-state index in [1.807, 2.05) is 31.2 Å². The number of pyridine rings is 2. The second-order valence-corrected chi connectivity index (χ2v) is 12.0. The van der Waals surface area contributed by atoms with Gasteiger partial charge in [-0.15, -0.1) is 0 Å². The molecule has 2 aromatic carbocycles. The minimum absolute atomic E-state index is 0.119. The molecular formula is C30H34N4O3S. The smallest absolute Gasteiger partial charge is 0.259 e. The van der Waals surface area contributed by atoms with E-state index in [-0.39, 0.29) is 11.3 Å². The number of H-pyrrole nitrogens is 1. The molecule has 0 aliphatic carbocycles. The van der Waals surface area contributed by atoms with Crippen molar-refractivity contribution in [2.45, 2.75) is 43.9 Å². The highest BCUT2D eigenvalue weighted by Gasteiger charge is 2.20. The third-order valence-electron chi connectivity index (χ3n) is 7.42. The highest BCUT2D eigenvalue weighted by atomic mass is 32.2. The summed E-state index contributed by atoms with van der Waals surface area (Å²) >= 11 is 0. The molecule has 1 aliphatic rings. The fourth-order valence-corrected chi connectivity index (χ4v) is 6.55. The van der Waals surface area contributed by atoms with Gasteiger partial charge >= 0.3 is 0 Å². The average Bonchev–Trinajstić information content (AvgIpc) is 2.93. The first-order valence-corrected chi connectivity index (χ1v) is 15.0. The Labute approximate surface area is 223 Å². The minimum atomic E-state index is -3.30. The molecule has 7 nitrogen and oxygen atoms in total.